The Labute approximate surface area is 89.7 Å². The van der Waals surface area contributed by atoms with E-state index in [1.165, 1.54) is 18.3 Å². The van der Waals surface area contributed by atoms with E-state index < -0.39 is 12.2 Å². The van der Waals surface area contributed by atoms with Crippen LogP contribution in [0.1, 0.15) is 11.6 Å². The highest BCUT2D eigenvalue weighted by molar-refractivity contribution is 6.30. The van der Waals surface area contributed by atoms with Crippen LogP contribution < -0.4 is 5.73 Å². The molecular formula is C7H7Cl2F3N2. The predicted octanol–water partition coefficient (Wildman–Crippen LogP) is 2.72. The third kappa shape index (κ3) is 3.01. The number of nitrogens with zero attached hydrogens (tertiary/aromatic N) is 1. The minimum atomic E-state index is -4.49. The van der Waals surface area contributed by atoms with Crippen molar-refractivity contribution in [1.29, 1.82) is 0 Å². The molecule has 7 heteroatoms. The van der Waals surface area contributed by atoms with Crippen molar-refractivity contribution in [2.75, 3.05) is 0 Å². The quantitative estimate of drug-likeness (QED) is 0.775. The Morgan fingerprint density at radius 2 is 2.00 bits per heavy atom. The van der Waals surface area contributed by atoms with E-state index in [2.05, 4.69) is 4.98 Å². The number of aromatic nitrogens is 1. The Bertz CT molecular complexity index is 303. The highest BCUT2D eigenvalue weighted by atomic mass is 35.5. The standard InChI is InChI=1S/C7H6ClF3N2.ClH/c8-6-4(2-1-3-13-6)5(12)7(9,10)11;/h1-3,5H,12H2;1H/t5-;/m1./s1. The minimum absolute atomic E-state index is 0. The van der Waals surface area contributed by atoms with Crippen molar-refractivity contribution in [2.45, 2.75) is 12.2 Å². The number of hydrogen-bond acceptors (Lipinski definition) is 2. The van der Waals surface area contributed by atoms with Crippen LogP contribution in [0.15, 0.2) is 18.3 Å². The van der Waals surface area contributed by atoms with Gasteiger partial charge in [0, 0.05) is 11.8 Å². The summed E-state index contributed by atoms with van der Waals surface area (Å²) in [4.78, 5) is 3.50. The molecule has 1 heterocycles. The molecule has 0 fully saturated rings. The van der Waals surface area contributed by atoms with Crippen LogP contribution in [0.4, 0.5) is 13.2 Å². The number of hydrogen-bond donors (Lipinski definition) is 1. The first kappa shape index (κ1) is 13.5. The van der Waals surface area contributed by atoms with Gasteiger partial charge in [0.1, 0.15) is 11.2 Å². The van der Waals surface area contributed by atoms with Gasteiger partial charge in [-0.15, -0.1) is 12.4 Å². The third-order valence-electron chi connectivity index (χ3n) is 1.48. The molecule has 0 spiro atoms. The molecule has 0 bridgehead atoms. The Kier molecular flexibility index (Phi) is 4.64. The van der Waals surface area contributed by atoms with Gasteiger partial charge in [0.2, 0.25) is 0 Å². The van der Waals surface area contributed by atoms with Crippen molar-refractivity contribution in [3.63, 3.8) is 0 Å². The number of halogens is 5. The van der Waals surface area contributed by atoms with Gasteiger partial charge in [0.05, 0.1) is 0 Å². The maximum absolute atomic E-state index is 12.1. The van der Waals surface area contributed by atoms with Gasteiger partial charge in [0.15, 0.2) is 0 Å². The molecule has 0 aliphatic carbocycles. The summed E-state index contributed by atoms with van der Waals surface area (Å²) in [6, 6.07) is 0.481. The summed E-state index contributed by atoms with van der Waals surface area (Å²) in [5.41, 5.74) is 4.71. The Hall–Kier alpha value is -0.520. The Balaban J connectivity index is 0.00000169. The van der Waals surface area contributed by atoms with Gasteiger partial charge in [-0.2, -0.15) is 13.2 Å². The van der Waals surface area contributed by atoms with E-state index >= 15 is 0 Å². The minimum Gasteiger partial charge on any atom is -0.316 e. The normalized spacial score (nSPS) is 13.2. The van der Waals surface area contributed by atoms with Crippen molar-refractivity contribution in [3.8, 4) is 0 Å². The molecule has 0 saturated heterocycles. The van der Waals surface area contributed by atoms with Crippen molar-refractivity contribution in [3.05, 3.63) is 29.0 Å². The third-order valence-corrected chi connectivity index (χ3v) is 1.79. The summed E-state index contributed by atoms with van der Waals surface area (Å²) in [6.45, 7) is 0. The maximum Gasteiger partial charge on any atom is 0.407 e. The Morgan fingerprint density at radius 1 is 1.43 bits per heavy atom. The van der Waals surface area contributed by atoms with Gasteiger partial charge < -0.3 is 5.73 Å². The summed E-state index contributed by atoms with van der Waals surface area (Å²) in [5, 5.41) is -0.215. The number of nitrogens with two attached hydrogens (primary N) is 1. The lowest BCUT2D eigenvalue weighted by atomic mass is 10.1. The first-order valence-corrected chi connectivity index (χ1v) is 3.73. The molecule has 1 atom stereocenters. The number of rotatable bonds is 1. The van der Waals surface area contributed by atoms with Crippen LogP contribution in [0.2, 0.25) is 5.15 Å². The second-order valence-electron chi connectivity index (χ2n) is 2.40. The molecule has 0 unspecified atom stereocenters. The van der Waals surface area contributed by atoms with E-state index in [0.29, 0.717) is 0 Å². The van der Waals surface area contributed by atoms with E-state index in [0.717, 1.165) is 0 Å². The van der Waals surface area contributed by atoms with E-state index in [1.54, 1.807) is 0 Å². The van der Waals surface area contributed by atoms with Crippen LogP contribution in [-0.4, -0.2) is 11.2 Å². The van der Waals surface area contributed by atoms with Gasteiger partial charge in [0.25, 0.3) is 0 Å². The number of alkyl halides is 3. The molecule has 0 radical (unpaired) electrons. The SMILES string of the molecule is Cl.N[C@H](c1cccnc1Cl)C(F)(F)F. The zero-order valence-electron chi connectivity index (χ0n) is 6.75. The molecule has 14 heavy (non-hydrogen) atoms. The van der Waals surface area contributed by atoms with Gasteiger partial charge in [-0.1, -0.05) is 17.7 Å². The molecule has 0 aromatic carbocycles. The maximum atomic E-state index is 12.1. The van der Waals surface area contributed by atoms with E-state index in [-0.39, 0.29) is 23.1 Å². The van der Waals surface area contributed by atoms with Crippen molar-refractivity contribution in [1.82, 2.24) is 4.98 Å². The topological polar surface area (TPSA) is 38.9 Å². The van der Waals surface area contributed by atoms with Crippen molar-refractivity contribution in [2.24, 2.45) is 5.73 Å². The molecule has 1 rings (SSSR count). The summed E-state index contributed by atoms with van der Waals surface area (Å²) in [7, 11) is 0. The van der Waals surface area contributed by atoms with Gasteiger partial charge in [-0.05, 0) is 6.07 Å². The lowest BCUT2D eigenvalue weighted by molar-refractivity contribution is -0.149. The fourth-order valence-electron chi connectivity index (χ4n) is 0.807. The smallest absolute Gasteiger partial charge is 0.316 e. The van der Waals surface area contributed by atoms with Gasteiger partial charge >= 0.3 is 6.18 Å². The summed E-state index contributed by atoms with van der Waals surface area (Å²) >= 11 is 5.43. The molecule has 2 N–H and O–H groups in total. The lowest BCUT2D eigenvalue weighted by Crippen LogP contribution is -2.28. The van der Waals surface area contributed by atoms with Crippen LogP contribution in [0.5, 0.6) is 0 Å². The highest BCUT2D eigenvalue weighted by Gasteiger charge is 2.39. The van der Waals surface area contributed by atoms with Crippen LogP contribution >= 0.6 is 24.0 Å². The van der Waals surface area contributed by atoms with E-state index in [4.69, 9.17) is 17.3 Å². The second kappa shape index (κ2) is 4.82. The molecule has 0 aliphatic heterocycles. The zero-order chi connectivity index (χ0) is 10.1. The van der Waals surface area contributed by atoms with E-state index in [9.17, 15) is 13.2 Å². The molecule has 2 nitrogen and oxygen atoms in total. The first-order valence-electron chi connectivity index (χ1n) is 3.35. The van der Waals surface area contributed by atoms with Crippen LogP contribution in [0, 0.1) is 0 Å². The summed E-state index contributed by atoms with van der Waals surface area (Å²) < 4.78 is 36.3. The fraction of sp³-hybridized carbons (Fsp3) is 0.286. The predicted molar refractivity (Wildman–Crippen MR) is 49.5 cm³/mol. The van der Waals surface area contributed by atoms with Gasteiger partial charge in [-0.25, -0.2) is 4.98 Å². The Morgan fingerprint density at radius 3 is 2.43 bits per heavy atom. The largest absolute Gasteiger partial charge is 0.407 e. The van der Waals surface area contributed by atoms with E-state index in [1.807, 2.05) is 0 Å². The molecule has 1 aromatic heterocycles. The zero-order valence-corrected chi connectivity index (χ0v) is 8.33. The van der Waals surface area contributed by atoms with Crippen LogP contribution in [-0.2, 0) is 0 Å². The van der Waals surface area contributed by atoms with Crippen molar-refractivity contribution < 1.29 is 13.2 Å². The lowest BCUT2D eigenvalue weighted by Gasteiger charge is -2.15. The monoisotopic (exact) mass is 246 g/mol. The summed E-state index contributed by atoms with van der Waals surface area (Å²) in [6.07, 6.45) is -3.19. The molecule has 0 amide bonds. The molecule has 1 aromatic rings. The molecule has 80 valence electrons. The second-order valence-corrected chi connectivity index (χ2v) is 2.76. The molecular weight excluding hydrogens is 240 g/mol. The fourth-order valence-corrected chi connectivity index (χ4v) is 1.04. The van der Waals surface area contributed by atoms with Crippen molar-refractivity contribution >= 4 is 24.0 Å². The van der Waals surface area contributed by atoms with Crippen LogP contribution in [0.3, 0.4) is 0 Å². The first-order chi connectivity index (χ1) is 5.93. The molecule has 0 aliphatic rings. The summed E-state index contributed by atoms with van der Waals surface area (Å²) in [5.74, 6) is 0. The highest BCUT2D eigenvalue weighted by Crippen LogP contribution is 2.32. The van der Waals surface area contributed by atoms with Crippen LogP contribution in [0.25, 0.3) is 0 Å². The van der Waals surface area contributed by atoms with Gasteiger partial charge in [-0.3, -0.25) is 0 Å². The number of pyridine rings is 1. The average Bonchev–Trinajstić information content (AvgIpc) is 2.02. The molecule has 0 saturated carbocycles. The average molecular weight is 247 g/mol.